The molecular formula is C11H21ClN2O. The van der Waals surface area contributed by atoms with Gasteiger partial charge in [-0.3, -0.25) is 4.79 Å². The molecule has 88 valence electrons. The third-order valence-electron chi connectivity index (χ3n) is 2.83. The molecule has 0 unspecified atom stereocenters. The van der Waals surface area contributed by atoms with E-state index in [1.807, 2.05) is 25.7 Å². The molecule has 0 spiro atoms. The van der Waals surface area contributed by atoms with Gasteiger partial charge in [-0.1, -0.05) is 5.57 Å². The van der Waals surface area contributed by atoms with E-state index in [1.54, 1.807) is 0 Å². The highest BCUT2D eigenvalue weighted by molar-refractivity contribution is 5.93. The van der Waals surface area contributed by atoms with Gasteiger partial charge in [0, 0.05) is 31.2 Å². The summed E-state index contributed by atoms with van der Waals surface area (Å²) in [4.78, 5) is 13.9. The summed E-state index contributed by atoms with van der Waals surface area (Å²) < 4.78 is 0. The van der Waals surface area contributed by atoms with E-state index in [4.69, 9.17) is 0 Å². The number of hydrogen-bond acceptors (Lipinski definition) is 2. The molecule has 1 amide bonds. The molecule has 0 saturated carbocycles. The fourth-order valence-electron chi connectivity index (χ4n) is 1.57. The molecule has 1 saturated heterocycles. The van der Waals surface area contributed by atoms with E-state index in [1.165, 1.54) is 0 Å². The van der Waals surface area contributed by atoms with Crippen LogP contribution in [0.25, 0.3) is 0 Å². The average Bonchev–Trinajstić information content (AvgIpc) is 2.16. The fourth-order valence-corrected chi connectivity index (χ4v) is 1.57. The van der Waals surface area contributed by atoms with E-state index in [2.05, 4.69) is 12.2 Å². The SMILES string of the molecule is CC(C)=C(C)C(=O)N1CCNC[C@H]1C.Cl. The van der Waals surface area contributed by atoms with Crippen LogP contribution in [0.2, 0.25) is 0 Å². The lowest BCUT2D eigenvalue weighted by Crippen LogP contribution is -2.52. The van der Waals surface area contributed by atoms with Crippen LogP contribution in [-0.4, -0.2) is 36.5 Å². The van der Waals surface area contributed by atoms with E-state index >= 15 is 0 Å². The second-order valence-electron chi connectivity index (χ2n) is 4.18. The van der Waals surface area contributed by atoms with Crippen molar-refractivity contribution in [2.24, 2.45) is 0 Å². The van der Waals surface area contributed by atoms with Crippen LogP contribution in [0.1, 0.15) is 27.7 Å². The van der Waals surface area contributed by atoms with Gasteiger partial charge in [0.25, 0.3) is 0 Å². The summed E-state index contributed by atoms with van der Waals surface area (Å²) in [6.45, 7) is 10.6. The predicted octanol–water partition coefficient (Wildman–Crippen LogP) is 1.58. The van der Waals surface area contributed by atoms with Crippen LogP contribution in [-0.2, 0) is 4.79 Å². The van der Waals surface area contributed by atoms with Gasteiger partial charge >= 0.3 is 0 Å². The van der Waals surface area contributed by atoms with E-state index in [9.17, 15) is 4.79 Å². The van der Waals surface area contributed by atoms with Crippen molar-refractivity contribution in [2.45, 2.75) is 33.7 Å². The molecule has 1 rings (SSSR count). The number of hydrogen-bond donors (Lipinski definition) is 1. The third-order valence-corrected chi connectivity index (χ3v) is 2.83. The monoisotopic (exact) mass is 232 g/mol. The summed E-state index contributed by atoms with van der Waals surface area (Å²) in [6, 6.07) is 0.311. The van der Waals surface area contributed by atoms with Crippen molar-refractivity contribution in [1.29, 1.82) is 0 Å². The number of carbonyl (C=O) groups is 1. The summed E-state index contributed by atoms with van der Waals surface area (Å²) in [5.74, 6) is 0.194. The highest BCUT2D eigenvalue weighted by atomic mass is 35.5. The van der Waals surface area contributed by atoms with Gasteiger partial charge in [-0.15, -0.1) is 12.4 Å². The molecule has 1 heterocycles. The summed E-state index contributed by atoms with van der Waals surface area (Å²) in [6.07, 6.45) is 0. The molecule has 15 heavy (non-hydrogen) atoms. The summed E-state index contributed by atoms with van der Waals surface area (Å²) >= 11 is 0. The molecule has 0 aliphatic carbocycles. The Morgan fingerprint density at radius 1 is 1.33 bits per heavy atom. The molecule has 0 aromatic heterocycles. The molecule has 1 fully saturated rings. The Bertz CT molecular complexity index is 259. The van der Waals surface area contributed by atoms with Crippen LogP contribution < -0.4 is 5.32 Å². The maximum absolute atomic E-state index is 12.0. The van der Waals surface area contributed by atoms with Crippen molar-refractivity contribution in [2.75, 3.05) is 19.6 Å². The number of rotatable bonds is 1. The van der Waals surface area contributed by atoms with Crippen molar-refractivity contribution in [3.63, 3.8) is 0 Å². The molecular weight excluding hydrogens is 212 g/mol. The minimum absolute atomic E-state index is 0. The normalized spacial score (nSPS) is 20.5. The van der Waals surface area contributed by atoms with Crippen LogP contribution >= 0.6 is 12.4 Å². The lowest BCUT2D eigenvalue weighted by Gasteiger charge is -2.34. The predicted molar refractivity (Wildman–Crippen MR) is 65.3 cm³/mol. The zero-order chi connectivity index (χ0) is 10.7. The molecule has 0 aromatic rings. The van der Waals surface area contributed by atoms with Crippen molar-refractivity contribution in [3.05, 3.63) is 11.1 Å². The number of amides is 1. The summed E-state index contributed by atoms with van der Waals surface area (Å²) in [5, 5.41) is 3.28. The first-order valence-corrected chi connectivity index (χ1v) is 5.19. The Labute approximate surface area is 98.3 Å². The van der Waals surface area contributed by atoms with E-state index in [0.717, 1.165) is 30.8 Å². The van der Waals surface area contributed by atoms with Crippen molar-refractivity contribution in [3.8, 4) is 0 Å². The molecule has 1 atom stereocenters. The lowest BCUT2D eigenvalue weighted by atomic mass is 10.1. The van der Waals surface area contributed by atoms with Crippen molar-refractivity contribution in [1.82, 2.24) is 10.2 Å². The second-order valence-corrected chi connectivity index (χ2v) is 4.18. The Hall–Kier alpha value is -0.540. The molecule has 0 radical (unpaired) electrons. The van der Waals surface area contributed by atoms with Gasteiger partial charge in [-0.05, 0) is 27.7 Å². The number of carbonyl (C=O) groups excluding carboxylic acids is 1. The average molecular weight is 233 g/mol. The molecule has 4 heteroatoms. The van der Waals surface area contributed by atoms with Gasteiger partial charge in [0.05, 0.1) is 0 Å². The fraction of sp³-hybridized carbons (Fsp3) is 0.727. The molecule has 1 N–H and O–H groups in total. The highest BCUT2D eigenvalue weighted by Crippen LogP contribution is 2.11. The van der Waals surface area contributed by atoms with Gasteiger partial charge in [0.15, 0.2) is 0 Å². The molecule has 3 nitrogen and oxygen atoms in total. The molecule has 0 bridgehead atoms. The number of halogens is 1. The zero-order valence-electron chi connectivity index (χ0n) is 9.96. The first-order chi connectivity index (χ1) is 6.54. The van der Waals surface area contributed by atoms with Crippen molar-refractivity contribution >= 4 is 18.3 Å². The summed E-state index contributed by atoms with van der Waals surface area (Å²) in [5.41, 5.74) is 2.00. The van der Waals surface area contributed by atoms with E-state index < -0.39 is 0 Å². The number of allylic oxidation sites excluding steroid dienone is 1. The Morgan fingerprint density at radius 3 is 2.40 bits per heavy atom. The largest absolute Gasteiger partial charge is 0.334 e. The topological polar surface area (TPSA) is 32.3 Å². The number of nitrogens with one attached hydrogen (secondary N) is 1. The van der Waals surface area contributed by atoms with Gasteiger partial charge in [-0.25, -0.2) is 0 Å². The highest BCUT2D eigenvalue weighted by Gasteiger charge is 2.23. The van der Waals surface area contributed by atoms with Crippen LogP contribution in [0.15, 0.2) is 11.1 Å². The lowest BCUT2D eigenvalue weighted by molar-refractivity contribution is -0.129. The Balaban J connectivity index is 0.00000196. The van der Waals surface area contributed by atoms with Crippen LogP contribution in [0, 0.1) is 0 Å². The van der Waals surface area contributed by atoms with Gasteiger partial charge in [0.2, 0.25) is 5.91 Å². The van der Waals surface area contributed by atoms with Crippen LogP contribution in [0.3, 0.4) is 0 Å². The minimum atomic E-state index is 0. The van der Waals surface area contributed by atoms with Crippen LogP contribution in [0.4, 0.5) is 0 Å². The maximum Gasteiger partial charge on any atom is 0.249 e. The Kier molecular flexibility index (Phi) is 5.91. The van der Waals surface area contributed by atoms with E-state index in [-0.39, 0.29) is 18.3 Å². The van der Waals surface area contributed by atoms with Gasteiger partial charge in [-0.2, -0.15) is 0 Å². The standard InChI is InChI=1S/C11H20N2O.ClH/c1-8(2)10(4)11(14)13-6-5-12-7-9(13)3;/h9,12H,5-7H2,1-4H3;1H/t9-;/m1./s1. The quantitative estimate of drug-likeness (QED) is 0.697. The minimum Gasteiger partial charge on any atom is -0.334 e. The number of piperazine rings is 1. The number of nitrogens with zero attached hydrogens (tertiary/aromatic N) is 1. The second kappa shape index (κ2) is 6.13. The first-order valence-electron chi connectivity index (χ1n) is 5.19. The van der Waals surface area contributed by atoms with Gasteiger partial charge in [0.1, 0.15) is 0 Å². The first kappa shape index (κ1) is 14.5. The van der Waals surface area contributed by atoms with E-state index in [0.29, 0.717) is 6.04 Å². The summed E-state index contributed by atoms with van der Waals surface area (Å²) in [7, 11) is 0. The van der Waals surface area contributed by atoms with Gasteiger partial charge < -0.3 is 10.2 Å². The Morgan fingerprint density at radius 2 is 1.93 bits per heavy atom. The molecule has 1 aliphatic rings. The van der Waals surface area contributed by atoms with Crippen molar-refractivity contribution < 1.29 is 4.79 Å². The smallest absolute Gasteiger partial charge is 0.249 e. The van der Waals surface area contributed by atoms with Crippen LogP contribution in [0.5, 0.6) is 0 Å². The zero-order valence-corrected chi connectivity index (χ0v) is 10.8. The molecule has 1 aliphatic heterocycles. The maximum atomic E-state index is 12.0. The third kappa shape index (κ3) is 3.50. The molecule has 0 aromatic carbocycles.